The second-order valence-electron chi connectivity index (χ2n) is 6.85. The van der Waals surface area contributed by atoms with Crippen molar-refractivity contribution in [3.63, 3.8) is 0 Å². The van der Waals surface area contributed by atoms with Crippen LogP contribution in [0.4, 0.5) is 0 Å². The molecule has 2 aromatic carbocycles. The minimum absolute atomic E-state index is 0.606. The lowest BCUT2D eigenvalue weighted by atomic mass is 10.0. The normalized spacial score (nSPS) is 16.6. The summed E-state index contributed by atoms with van der Waals surface area (Å²) in [6, 6.07) is 17.5. The maximum atomic E-state index is 6.08. The van der Waals surface area contributed by atoms with E-state index < -0.39 is 0 Å². The summed E-state index contributed by atoms with van der Waals surface area (Å²) < 4.78 is 3.65. The lowest BCUT2D eigenvalue weighted by Gasteiger charge is -2.33. The van der Waals surface area contributed by atoms with Crippen molar-refractivity contribution in [2.24, 2.45) is 0 Å². The highest BCUT2D eigenvalue weighted by Gasteiger charge is 2.21. The number of aromatic nitrogens is 1. The standard InChI is InChI=1S/C21H22BrClN2/c22-20-5-2-6-21-19(20)10-14-25(21)18-8-12-24(13-9-18)11-7-16-3-1-4-17(23)15-16/h1-6,10,14-15,18H,7-9,11-13H2. The van der Waals surface area contributed by atoms with Gasteiger partial charge < -0.3 is 9.47 Å². The van der Waals surface area contributed by atoms with E-state index in [0.29, 0.717) is 6.04 Å². The Morgan fingerprint density at radius 1 is 1.04 bits per heavy atom. The Kier molecular flexibility index (Phi) is 5.16. The minimum atomic E-state index is 0.606. The van der Waals surface area contributed by atoms with Crippen LogP contribution in [-0.2, 0) is 6.42 Å². The summed E-state index contributed by atoms with van der Waals surface area (Å²) in [5.41, 5.74) is 2.67. The van der Waals surface area contributed by atoms with Crippen molar-refractivity contribution in [1.29, 1.82) is 0 Å². The topological polar surface area (TPSA) is 8.17 Å². The Labute approximate surface area is 162 Å². The highest BCUT2D eigenvalue weighted by atomic mass is 79.9. The van der Waals surface area contributed by atoms with E-state index in [0.717, 1.165) is 18.0 Å². The van der Waals surface area contributed by atoms with Crippen molar-refractivity contribution in [2.75, 3.05) is 19.6 Å². The first kappa shape index (κ1) is 17.1. The van der Waals surface area contributed by atoms with E-state index >= 15 is 0 Å². The average Bonchev–Trinajstić information content (AvgIpc) is 3.06. The van der Waals surface area contributed by atoms with Crippen molar-refractivity contribution in [3.05, 3.63) is 69.8 Å². The second kappa shape index (κ2) is 7.53. The molecule has 1 aliphatic rings. The van der Waals surface area contributed by atoms with Crippen molar-refractivity contribution in [2.45, 2.75) is 25.3 Å². The molecule has 0 spiro atoms. The number of rotatable bonds is 4. The molecule has 3 aromatic rings. The summed E-state index contributed by atoms with van der Waals surface area (Å²) in [5.74, 6) is 0. The highest BCUT2D eigenvalue weighted by molar-refractivity contribution is 9.10. The minimum Gasteiger partial charge on any atom is -0.344 e. The van der Waals surface area contributed by atoms with Gasteiger partial charge >= 0.3 is 0 Å². The molecule has 2 heterocycles. The maximum Gasteiger partial charge on any atom is 0.0494 e. The average molecular weight is 418 g/mol. The van der Waals surface area contributed by atoms with Crippen LogP contribution in [0, 0.1) is 0 Å². The number of piperidine rings is 1. The molecule has 0 N–H and O–H groups in total. The largest absolute Gasteiger partial charge is 0.344 e. The molecule has 0 aliphatic carbocycles. The third kappa shape index (κ3) is 3.79. The zero-order valence-corrected chi connectivity index (χ0v) is 16.5. The molecular formula is C21H22BrClN2. The van der Waals surface area contributed by atoms with E-state index in [2.05, 4.69) is 68.0 Å². The Hall–Kier alpha value is -1.29. The molecule has 0 atom stereocenters. The van der Waals surface area contributed by atoms with Crippen LogP contribution in [0.25, 0.3) is 10.9 Å². The quantitative estimate of drug-likeness (QED) is 0.510. The van der Waals surface area contributed by atoms with Crippen molar-refractivity contribution < 1.29 is 0 Å². The predicted molar refractivity (Wildman–Crippen MR) is 110 cm³/mol. The zero-order chi connectivity index (χ0) is 17.2. The van der Waals surface area contributed by atoms with Gasteiger partial charge in [-0.2, -0.15) is 0 Å². The number of fused-ring (bicyclic) bond motifs is 1. The van der Waals surface area contributed by atoms with E-state index in [9.17, 15) is 0 Å². The van der Waals surface area contributed by atoms with E-state index in [4.69, 9.17) is 11.6 Å². The molecule has 130 valence electrons. The summed E-state index contributed by atoms with van der Waals surface area (Å²) in [7, 11) is 0. The van der Waals surface area contributed by atoms with Crippen LogP contribution in [0.3, 0.4) is 0 Å². The lowest BCUT2D eigenvalue weighted by molar-refractivity contribution is 0.190. The van der Waals surface area contributed by atoms with Crippen molar-refractivity contribution >= 4 is 38.4 Å². The van der Waals surface area contributed by atoms with Crippen molar-refractivity contribution in [3.8, 4) is 0 Å². The summed E-state index contributed by atoms with van der Waals surface area (Å²) in [4.78, 5) is 2.58. The van der Waals surface area contributed by atoms with Crippen LogP contribution in [0.15, 0.2) is 59.2 Å². The molecule has 1 aliphatic heterocycles. The summed E-state index contributed by atoms with van der Waals surface area (Å²) >= 11 is 9.74. The van der Waals surface area contributed by atoms with Gasteiger partial charge in [-0.05, 0) is 55.2 Å². The molecule has 1 aromatic heterocycles. The molecule has 4 heteroatoms. The number of hydrogen-bond acceptors (Lipinski definition) is 1. The van der Waals surface area contributed by atoms with Gasteiger partial charge in [0.1, 0.15) is 0 Å². The van der Waals surface area contributed by atoms with Crippen LogP contribution in [0.5, 0.6) is 0 Å². The third-order valence-corrected chi connectivity index (χ3v) is 6.19. The van der Waals surface area contributed by atoms with Gasteiger partial charge in [-0.1, -0.05) is 45.7 Å². The first-order valence-corrected chi connectivity index (χ1v) is 10.1. The first-order chi connectivity index (χ1) is 12.2. The van der Waals surface area contributed by atoms with Crippen LogP contribution in [-0.4, -0.2) is 29.1 Å². The maximum absolute atomic E-state index is 6.08. The van der Waals surface area contributed by atoms with Gasteiger partial charge in [0, 0.05) is 52.3 Å². The van der Waals surface area contributed by atoms with E-state index in [1.54, 1.807) is 0 Å². The predicted octanol–water partition coefficient (Wildman–Crippen LogP) is 5.94. The molecule has 4 rings (SSSR count). The van der Waals surface area contributed by atoms with Crippen LogP contribution < -0.4 is 0 Å². The summed E-state index contributed by atoms with van der Waals surface area (Å²) in [6.07, 6.45) is 5.75. The molecule has 1 saturated heterocycles. The number of nitrogens with zero attached hydrogens (tertiary/aromatic N) is 2. The van der Waals surface area contributed by atoms with E-state index in [1.165, 1.54) is 46.9 Å². The molecule has 0 unspecified atom stereocenters. The Morgan fingerprint density at radius 3 is 2.64 bits per heavy atom. The molecule has 2 nitrogen and oxygen atoms in total. The smallest absolute Gasteiger partial charge is 0.0494 e. The van der Waals surface area contributed by atoms with Crippen LogP contribution in [0.2, 0.25) is 5.02 Å². The molecule has 0 radical (unpaired) electrons. The third-order valence-electron chi connectivity index (χ3n) is 5.27. The van der Waals surface area contributed by atoms with Gasteiger partial charge in [-0.3, -0.25) is 0 Å². The lowest BCUT2D eigenvalue weighted by Crippen LogP contribution is -2.35. The SMILES string of the molecule is Clc1cccc(CCN2CCC(n3ccc4c(Br)cccc43)CC2)c1. The molecule has 25 heavy (non-hydrogen) atoms. The summed E-state index contributed by atoms with van der Waals surface area (Å²) in [5, 5.41) is 2.15. The van der Waals surface area contributed by atoms with E-state index in [1.807, 2.05) is 12.1 Å². The first-order valence-electron chi connectivity index (χ1n) is 8.92. The van der Waals surface area contributed by atoms with Gasteiger partial charge in [-0.25, -0.2) is 0 Å². The molecule has 1 fully saturated rings. The number of likely N-dealkylation sites (tertiary alicyclic amines) is 1. The fraction of sp³-hybridized carbons (Fsp3) is 0.333. The fourth-order valence-corrected chi connectivity index (χ4v) is 4.57. The Bertz CT molecular complexity index is 865. The number of halogens is 2. The Balaban J connectivity index is 1.37. The number of benzene rings is 2. The monoisotopic (exact) mass is 416 g/mol. The highest BCUT2D eigenvalue weighted by Crippen LogP contribution is 2.31. The van der Waals surface area contributed by atoms with Crippen molar-refractivity contribution in [1.82, 2.24) is 9.47 Å². The fourth-order valence-electron chi connectivity index (χ4n) is 3.87. The van der Waals surface area contributed by atoms with Gasteiger partial charge in [0.25, 0.3) is 0 Å². The number of hydrogen-bond donors (Lipinski definition) is 0. The molecule has 0 amide bonds. The molecule has 0 saturated carbocycles. The summed E-state index contributed by atoms with van der Waals surface area (Å²) in [6.45, 7) is 3.45. The zero-order valence-electron chi connectivity index (χ0n) is 14.2. The van der Waals surface area contributed by atoms with Gasteiger partial charge in [0.2, 0.25) is 0 Å². The Morgan fingerprint density at radius 2 is 1.84 bits per heavy atom. The second-order valence-corrected chi connectivity index (χ2v) is 8.14. The molecular weight excluding hydrogens is 396 g/mol. The molecule has 0 bridgehead atoms. The van der Waals surface area contributed by atoms with Gasteiger partial charge in [0.05, 0.1) is 0 Å². The van der Waals surface area contributed by atoms with Crippen LogP contribution >= 0.6 is 27.5 Å². The van der Waals surface area contributed by atoms with Gasteiger partial charge in [0.15, 0.2) is 0 Å². The van der Waals surface area contributed by atoms with Gasteiger partial charge in [-0.15, -0.1) is 0 Å². The van der Waals surface area contributed by atoms with Crippen LogP contribution in [0.1, 0.15) is 24.4 Å². The van der Waals surface area contributed by atoms with E-state index in [-0.39, 0.29) is 0 Å².